The SMILES string of the molecule is CCN(CC)CCCN1C(=O)C(O)=C(C(=O)c2sc(C)nc2C)[C@@H]1c1cccnc1. The molecule has 1 aliphatic heterocycles. The van der Waals surface area contributed by atoms with Crippen LogP contribution < -0.4 is 0 Å². The number of ketones is 1. The highest BCUT2D eigenvalue weighted by molar-refractivity contribution is 7.14. The molecule has 1 atom stereocenters. The molecule has 2 aromatic heterocycles. The number of amides is 1. The van der Waals surface area contributed by atoms with Gasteiger partial charge in [0, 0.05) is 18.9 Å². The number of hydrogen-bond donors (Lipinski definition) is 1. The molecule has 0 radical (unpaired) electrons. The van der Waals surface area contributed by atoms with Crippen LogP contribution in [0.1, 0.15) is 52.2 Å². The highest BCUT2D eigenvalue weighted by Crippen LogP contribution is 2.39. The number of carbonyl (C=O) groups excluding carboxylic acids is 2. The minimum atomic E-state index is -0.655. The summed E-state index contributed by atoms with van der Waals surface area (Å²) < 4.78 is 0. The van der Waals surface area contributed by atoms with E-state index in [-0.39, 0.29) is 11.4 Å². The lowest BCUT2D eigenvalue weighted by atomic mass is 9.96. The molecule has 0 unspecified atom stereocenters. The van der Waals surface area contributed by atoms with Crippen LogP contribution >= 0.6 is 11.3 Å². The summed E-state index contributed by atoms with van der Waals surface area (Å²) >= 11 is 1.28. The first-order valence-electron chi connectivity index (χ1n) is 10.2. The molecule has 1 aliphatic rings. The molecule has 160 valence electrons. The van der Waals surface area contributed by atoms with Crippen molar-refractivity contribution in [2.45, 2.75) is 40.2 Å². The molecule has 0 aromatic carbocycles. The van der Waals surface area contributed by atoms with E-state index < -0.39 is 17.7 Å². The normalized spacial score (nSPS) is 16.8. The maximum absolute atomic E-state index is 13.4. The Hall–Kier alpha value is -2.58. The fourth-order valence-corrected chi connectivity index (χ4v) is 4.74. The maximum Gasteiger partial charge on any atom is 0.290 e. The van der Waals surface area contributed by atoms with Crippen molar-refractivity contribution < 1.29 is 14.7 Å². The predicted molar refractivity (Wildman–Crippen MR) is 117 cm³/mol. The van der Waals surface area contributed by atoms with Crippen LogP contribution in [0.25, 0.3) is 0 Å². The van der Waals surface area contributed by atoms with Crippen LogP contribution in [-0.2, 0) is 4.79 Å². The van der Waals surface area contributed by atoms with Crippen molar-refractivity contribution in [2.75, 3.05) is 26.2 Å². The Morgan fingerprint density at radius 3 is 2.60 bits per heavy atom. The Bertz CT molecular complexity index is 951. The number of aliphatic hydroxyl groups is 1. The van der Waals surface area contributed by atoms with E-state index in [1.807, 2.05) is 13.0 Å². The van der Waals surface area contributed by atoms with Gasteiger partial charge in [-0.1, -0.05) is 19.9 Å². The minimum Gasteiger partial charge on any atom is -0.503 e. The number of rotatable bonds is 9. The largest absolute Gasteiger partial charge is 0.503 e. The molecule has 1 N–H and O–H groups in total. The van der Waals surface area contributed by atoms with Crippen molar-refractivity contribution in [2.24, 2.45) is 0 Å². The second kappa shape index (κ2) is 9.49. The molecule has 30 heavy (non-hydrogen) atoms. The molecule has 0 spiro atoms. The van der Waals surface area contributed by atoms with Gasteiger partial charge in [-0.15, -0.1) is 11.3 Å². The summed E-state index contributed by atoms with van der Waals surface area (Å²) in [5.74, 6) is -1.32. The van der Waals surface area contributed by atoms with E-state index in [9.17, 15) is 14.7 Å². The van der Waals surface area contributed by atoms with Crippen molar-refractivity contribution in [1.82, 2.24) is 19.8 Å². The van der Waals surface area contributed by atoms with Crippen LogP contribution in [0, 0.1) is 13.8 Å². The van der Waals surface area contributed by atoms with E-state index in [2.05, 4.69) is 28.7 Å². The van der Waals surface area contributed by atoms with Crippen LogP contribution in [0.2, 0.25) is 0 Å². The molecule has 0 fully saturated rings. The van der Waals surface area contributed by atoms with Crippen LogP contribution in [0.3, 0.4) is 0 Å². The van der Waals surface area contributed by atoms with Gasteiger partial charge in [-0.25, -0.2) is 4.98 Å². The molecule has 2 aromatic rings. The molecule has 0 saturated carbocycles. The number of hydrogen-bond acceptors (Lipinski definition) is 7. The van der Waals surface area contributed by atoms with Crippen LogP contribution in [0.15, 0.2) is 35.9 Å². The average molecular weight is 429 g/mol. The summed E-state index contributed by atoms with van der Waals surface area (Å²) in [6.07, 6.45) is 4.04. The van der Waals surface area contributed by atoms with Crippen LogP contribution in [0.4, 0.5) is 0 Å². The van der Waals surface area contributed by atoms with Gasteiger partial charge in [0.05, 0.1) is 27.2 Å². The number of Topliss-reactive ketones (excluding diaryl/α,β-unsaturated/α-hetero) is 1. The topological polar surface area (TPSA) is 86.6 Å². The third-order valence-electron chi connectivity index (χ3n) is 5.43. The van der Waals surface area contributed by atoms with Gasteiger partial charge in [-0.05, 0) is 51.5 Å². The third-order valence-corrected chi connectivity index (χ3v) is 6.50. The third kappa shape index (κ3) is 4.29. The number of nitrogens with zero attached hydrogens (tertiary/aromatic N) is 4. The predicted octanol–water partition coefficient (Wildman–Crippen LogP) is 3.47. The molecule has 0 aliphatic carbocycles. The molecular weight excluding hydrogens is 400 g/mol. The number of aryl methyl sites for hydroxylation is 2. The molecule has 1 amide bonds. The van der Waals surface area contributed by atoms with Gasteiger partial charge in [0.1, 0.15) is 0 Å². The number of aromatic nitrogens is 2. The summed E-state index contributed by atoms with van der Waals surface area (Å²) in [6.45, 7) is 11.0. The molecular formula is C22H28N4O3S. The van der Waals surface area contributed by atoms with E-state index in [1.165, 1.54) is 11.3 Å². The van der Waals surface area contributed by atoms with Crippen molar-refractivity contribution in [3.63, 3.8) is 0 Å². The highest BCUT2D eigenvalue weighted by Gasteiger charge is 2.44. The zero-order valence-electron chi connectivity index (χ0n) is 17.9. The van der Waals surface area contributed by atoms with Crippen LogP contribution in [0.5, 0.6) is 0 Å². The van der Waals surface area contributed by atoms with E-state index in [0.717, 1.165) is 31.1 Å². The molecule has 8 heteroatoms. The first-order chi connectivity index (χ1) is 14.4. The van der Waals surface area contributed by atoms with Gasteiger partial charge in [0.15, 0.2) is 5.76 Å². The monoisotopic (exact) mass is 428 g/mol. The Morgan fingerprint density at radius 2 is 2.03 bits per heavy atom. The average Bonchev–Trinajstić information content (AvgIpc) is 3.21. The second-order valence-electron chi connectivity index (χ2n) is 7.31. The van der Waals surface area contributed by atoms with Crippen molar-refractivity contribution in [3.8, 4) is 0 Å². The number of thiazole rings is 1. The Kier molecular flexibility index (Phi) is 6.99. The molecule has 0 bridgehead atoms. The van der Waals surface area contributed by atoms with E-state index >= 15 is 0 Å². The Morgan fingerprint density at radius 1 is 1.30 bits per heavy atom. The molecule has 7 nitrogen and oxygen atoms in total. The standard InChI is InChI=1S/C22H28N4O3S/c1-5-25(6-2)11-8-12-26-18(16-9-7-10-23-13-16)17(20(28)22(26)29)19(27)21-14(3)24-15(4)30-21/h7,9-10,13,18,28H,5-6,8,11-12H2,1-4H3/t18-/m0/s1. The van der Waals surface area contributed by atoms with E-state index in [4.69, 9.17) is 0 Å². The van der Waals surface area contributed by atoms with Crippen molar-refractivity contribution in [1.29, 1.82) is 0 Å². The van der Waals surface area contributed by atoms with Gasteiger partial charge in [-0.2, -0.15) is 0 Å². The summed E-state index contributed by atoms with van der Waals surface area (Å²) in [7, 11) is 0. The summed E-state index contributed by atoms with van der Waals surface area (Å²) in [4.78, 5) is 39.2. The van der Waals surface area contributed by atoms with Crippen LogP contribution in [-0.4, -0.2) is 62.7 Å². The van der Waals surface area contributed by atoms with Gasteiger partial charge < -0.3 is 14.9 Å². The van der Waals surface area contributed by atoms with Gasteiger partial charge in [0.25, 0.3) is 5.91 Å². The zero-order chi connectivity index (χ0) is 21.8. The van der Waals surface area contributed by atoms with Gasteiger partial charge >= 0.3 is 0 Å². The Labute approximate surface area is 181 Å². The number of carbonyl (C=O) groups is 2. The van der Waals surface area contributed by atoms with Crippen molar-refractivity contribution >= 4 is 23.0 Å². The maximum atomic E-state index is 13.4. The van der Waals surface area contributed by atoms with E-state index in [0.29, 0.717) is 22.7 Å². The van der Waals surface area contributed by atoms with Gasteiger partial charge in [-0.3, -0.25) is 14.6 Å². The summed E-state index contributed by atoms with van der Waals surface area (Å²) in [5.41, 5.74) is 1.43. The highest BCUT2D eigenvalue weighted by atomic mass is 32.1. The second-order valence-corrected chi connectivity index (χ2v) is 8.51. The summed E-state index contributed by atoms with van der Waals surface area (Å²) in [5, 5.41) is 11.5. The lowest BCUT2D eigenvalue weighted by Gasteiger charge is -2.27. The summed E-state index contributed by atoms with van der Waals surface area (Å²) in [6, 6.07) is 2.95. The van der Waals surface area contributed by atoms with Gasteiger partial charge in [0.2, 0.25) is 5.78 Å². The zero-order valence-corrected chi connectivity index (χ0v) is 18.7. The molecule has 0 saturated heterocycles. The minimum absolute atomic E-state index is 0.114. The molecule has 3 heterocycles. The Balaban J connectivity index is 1.95. The van der Waals surface area contributed by atoms with E-state index in [1.54, 1.807) is 30.3 Å². The lowest BCUT2D eigenvalue weighted by Crippen LogP contribution is -2.34. The lowest BCUT2D eigenvalue weighted by molar-refractivity contribution is -0.129. The fourth-order valence-electron chi connectivity index (χ4n) is 3.87. The van der Waals surface area contributed by atoms with Crippen molar-refractivity contribution in [3.05, 3.63) is 57.0 Å². The smallest absolute Gasteiger partial charge is 0.290 e. The fraction of sp³-hybridized carbons (Fsp3) is 0.455. The number of aliphatic hydroxyl groups excluding tert-OH is 1. The number of pyridine rings is 1. The first kappa shape index (κ1) is 22.1. The molecule has 3 rings (SSSR count). The first-order valence-corrected chi connectivity index (χ1v) is 11.1. The quantitative estimate of drug-likeness (QED) is 0.616.